The van der Waals surface area contributed by atoms with E-state index in [0.29, 0.717) is 32.0 Å². The minimum atomic E-state index is -0.372. The molecule has 1 aromatic carbocycles. The number of amides is 1. The van der Waals surface area contributed by atoms with Crippen molar-refractivity contribution in [2.45, 2.75) is 63.1 Å². The maximum absolute atomic E-state index is 12.6. The van der Waals surface area contributed by atoms with E-state index in [1.807, 2.05) is 29.3 Å². The molecule has 1 amide bonds. The monoisotopic (exact) mass is 377 g/mol. The molecule has 28 heavy (non-hydrogen) atoms. The second kappa shape index (κ2) is 7.28. The van der Waals surface area contributed by atoms with Gasteiger partial charge < -0.3 is 9.64 Å². The summed E-state index contributed by atoms with van der Waals surface area (Å²) in [6.45, 7) is 1.79. The van der Waals surface area contributed by atoms with Gasteiger partial charge in [-0.15, -0.1) is 0 Å². The highest BCUT2D eigenvalue weighted by Crippen LogP contribution is 2.43. The molecule has 3 heterocycles. The van der Waals surface area contributed by atoms with Crippen LogP contribution < -0.4 is 0 Å². The lowest BCUT2D eigenvalue weighted by atomic mass is 9.86. The van der Waals surface area contributed by atoms with E-state index in [2.05, 4.69) is 12.1 Å². The Balaban J connectivity index is 1.21. The zero-order valence-corrected chi connectivity index (χ0v) is 16.3. The van der Waals surface area contributed by atoms with Crippen molar-refractivity contribution in [1.29, 1.82) is 0 Å². The van der Waals surface area contributed by atoms with Crippen molar-refractivity contribution >= 4 is 5.91 Å². The Kier molecular flexibility index (Phi) is 4.63. The molecule has 2 aromatic rings. The lowest BCUT2D eigenvalue weighted by molar-refractivity contribution is -0.168. The summed E-state index contributed by atoms with van der Waals surface area (Å²) in [5.41, 5.74) is 2.96. The summed E-state index contributed by atoms with van der Waals surface area (Å²) in [7, 11) is 0. The van der Waals surface area contributed by atoms with Crippen LogP contribution in [0.4, 0.5) is 0 Å². The molecule has 1 saturated carbocycles. The highest BCUT2D eigenvalue weighted by atomic mass is 16.5. The van der Waals surface area contributed by atoms with Crippen molar-refractivity contribution in [3.8, 4) is 0 Å². The van der Waals surface area contributed by atoms with E-state index in [1.54, 1.807) is 0 Å². The molecule has 0 radical (unpaired) electrons. The molecule has 2 aliphatic heterocycles. The molecular formula is C23H27N3O2. The summed E-state index contributed by atoms with van der Waals surface area (Å²) in [6, 6.07) is 10.2. The molecule has 1 spiro atoms. The van der Waals surface area contributed by atoms with Crippen molar-refractivity contribution in [2.24, 2.45) is 0 Å². The van der Waals surface area contributed by atoms with E-state index in [-0.39, 0.29) is 11.5 Å². The van der Waals surface area contributed by atoms with Gasteiger partial charge >= 0.3 is 0 Å². The van der Waals surface area contributed by atoms with Crippen molar-refractivity contribution in [1.82, 2.24) is 14.9 Å². The molecule has 1 aliphatic carbocycles. The van der Waals surface area contributed by atoms with Gasteiger partial charge in [-0.2, -0.15) is 0 Å². The highest BCUT2D eigenvalue weighted by molar-refractivity contribution is 5.78. The number of aryl methyl sites for hydroxylation is 1. The highest BCUT2D eigenvalue weighted by Gasteiger charge is 2.52. The van der Waals surface area contributed by atoms with Gasteiger partial charge in [0.2, 0.25) is 5.91 Å². The minimum Gasteiger partial charge on any atom is -0.360 e. The fourth-order valence-corrected chi connectivity index (χ4v) is 4.83. The van der Waals surface area contributed by atoms with E-state index >= 15 is 0 Å². The molecule has 0 atom stereocenters. The number of fused-ring (bicyclic) bond motifs is 2. The van der Waals surface area contributed by atoms with Crippen LogP contribution in [0.3, 0.4) is 0 Å². The third-order valence-corrected chi connectivity index (χ3v) is 6.55. The van der Waals surface area contributed by atoms with Crippen molar-refractivity contribution < 1.29 is 9.53 Å². The van der Waals surface area contributed by atoms with Crippen LogP contribution >= 0.6 is 0 Å². The Morgan fingerprint density at radius 1 is 1.14 bits per heavy atom. The topological polar surface area (TPSA) is 55.3 Å². The summed E-state index contributed by atoms with van der Waals surface area (Å²) in [5.74, 6) is 1.70. The number of nitrogens with zero attached hydrogens (tertiary/aromatic N) is 3. The Labute approximate surface area is 166 Å². The van der Waals surface area contributed by atoms with Gasteiger partial charge in [0.1, 0.15) is 11.4 Å². The second-order valence-electron chi connectivity index (χ2n) is 8.44. The number of carbonyl (C=O) groups excluding carboxylic acids is 1. The standard InChI is InChI=1S/C23H27N3O2/c27-21(12-11-17-7-3-1-4-8-17)26-15-23(16-26)19-13-24-22(25-20(19)14-28-23)18-9-5-2-6-10-18/h1,3-4,7-8,13,18H,2,5-6,9-12,14-16H2. The molecule has 1 saturated heterocycles. The number of likely N-dealkylation sites (tertiary alicyclic amines) is 1. The quantitative estimate of drug-likeness (QED) is 0.815. The molecule has 2 fully saturated rings. The summed E-state index contributed by atoms with van der Waals surface area (Å²) in [6.07, 6.45) is 9.62. The van der Waals surface area contributed by atoms with Crippen LogP contribution in [0.25, 0.3) is 0 Å². The van der Waals surface area contributed by atoms with Crippen molar-refractivity contribution in [2.75, 3.05) is 13.1 Å². The smallest absolute Gasteiger partial charge is 0.223 e. The number of rotatable bonds is 4. The number of hydrogen-bond donors (Lipinski definition) is 0. The van der Waals surface area contributed by atoms with Gasteiger partial charge in [-0.05, 0) is 24.8 Å². The molecule has 5 heteroatoms. The molecule has 146 valence electrons. The summed E-state index contributed by atoms with van der Waals surface area (Å²) in [4.78, 5) is 24.0. The summed E-state index contributed by atoms with van der Waals surface area (Å²) in [5, 5.41) is 0. The Morgan fingerprint density at radius 3 is 2.71 bits per heavy atom. The van der Waals surface area contributed by atoms with Crippen LogP contribution in [0.1, 0.15) is 67.1 Å². The first-order valence-corrected chi connectivity index (χ1v) is 10.6. The largest absolute Gasteiger partial charge is 0.360 e. The van der Waals surface area contributed by atoms with Crippen LogP contribution in [0.5, 0.6) is 0 Å². The molecule has 0 unspecified atom stereocenters. The van der Waals surface area contributed by atoms with E-state index < -0.39 is 0 Å². The number of aromatic nitrogens is 2. The van der Waals surface area contributed by atoms with E-state index in [4.69, 9.17) is 14.7 Å². The van der Waals surface area contributed by atoms with E-state index in [0.717, 1.165) is 23.5 Å². The van der Waals surface area contributed by atoms with E-state index in [1.165, 1.54) is 37.7 Å². The molecule has 0 bridgehead atoms. The van der Waals surface area contributed by atoms with Gasteiger partial charge in [-0.3, -0.25) is 4.79 Å². The Hall–Kier alpha value is -2.27. The zero-order chi connectivity index (χ0) is 19.0. The number of ether oxygens (including phenoxy) is 1. The normalized spacial score (nSPS) is 20.8. The molecule has 0 N–H and O–H groups in total. The average molecular weight is 377 g/mol. The minimum absolute atomic E-state index is 0.200. The molecule has 5 rings (SSSR count). The van der Waals surface area contributed by atoms with Crippen LogP contribution in [0.2, 0.25) is 0 Å². The lowest BCUT2D eigenvalue weighted by Crippen LogP contribution is -2.61. The fourth-order valence-electron chi connectivity index (χ4n) is 4.83. The fraction of sp³-hybridized carbons (Fsp3) is 0.522. The van der Waals surface area contributed by atoms with E-state index in [9.17, 15) is 4.79 Å². The third kappa shape index (κ3) is 3.22. The third-order valence-electron chi connectivity index (χ3n) is 6.55. The number of benzene rings is 1. The van der Waals surface area contributed by atoms with Crippen LogP contribution in [0.15, 0.2) is 36.5 Å². The van der Waals surface area contributed by atoms with Gasteiger partial charge in [0.15, 0.2) is 0 Å². The van der Waals surface area contributed by atoms with Gasteiger partial charge in [-0.25, -0.2) is 9.97 Å². The van der Waals surface area contributed by atoms with Crippen molar-refractivity contribution in [3.63, 3.8) is 0 Å². The van der Waals surface area contributed by atoms with Crippen LogP contribution in [0, 0.1) is 0 Å². The molecule has 1 aromatic heterocycles. The number of carbonyl (C=O) groups is 1. The van der Waals surface area contributed by atoms with Gasteiger partial charge in [-0.1, -0.05) is 49.6 Å². The maximum atomic E-state index is 12.6. The first kappa shape index (κ1) is 17.8. The Bertz CT molecular complexity index is 855. The predicted octanol–water partition coefficient (Wildman–Crippen LogP) is 3.72. The first-order chi connectivity index (χ1) is 13.7. The second-order valence-corrected chi connectivity index (χ2v) is 8.44. The predicted molar refractivity (Wildman–Crippen MR) is 106 cm³/mol. The average Bonchev–Trinajstić information content (AvgIpc) is 3.11. The summed E-state index contributed by atoms with van der Waals surface area (Å²) < 4.78 is 6.14. The van der Waals surface area contributed by atoms with Gasteiger partial charge in [0.05, 0.1) is 25.4 Å². The lowest BCUT2D eigenvalue weighted by Gasteiger charge is -2.47. The SMILES string of the molecule is O=C(CCc1ccccc1)N1CC2(C1)OCc1nc(C3CCCCC3)ncc12. The molecule has 3 aliphatic rings. The first-order valence-electron chi connectivity index (χ1n) is 10.6. The number of hydrogen-bond acceptors (Lipinski definition) is 4. The van der Waals surface area contributed by atoms with Crippen molar-refractivity contribution in [3.05, 3.63) is 59.2 Å². The van der Waals surface area contributed by atoms with Gasteiger partial charge in [0, 0.05) is 24.1 Å². The van der Waals surface area contributed by atoms with Crippen LogP contribution in [-0.4, -0.2) is 33.9 Å². The zero-order valence-electron chi connectivity index (χ0n) is 16.3. The Morgan fingerprint density at radius 2 is 1.93 bits per heavy atom. The van der Waals surface area contributed by atoms with Gasteiger partial charge in [0.25, 0.3) is 0 Å². The molecule has 5 nitrogen and oxygen atoms in total. The summed E-state index contributed by atoms with van der Waals surface area (Å²) >= 11 is 0. The van der Waals surface area contributed by atoms with Crippen LogP contribution in [-0.2, 0) is 28.2 Å². The maximum Gasteiger partial charge on any atom is 0.223 e. The molecular weight excluding hydrogens is 350 g/mol.